The van der Waals surface area contributed by atoms with Crippen molar-refractivity contribution < 1.29 is 4.79 Å². The Labute approximate surface area is 136 Å². The summed E-state index contributed by atoms with van der Waals surface area (Å²) in [6.45, 7) is 0.505. The van der Waals surface area contributed by atoms with Crippen LogP contribution in [-0.2, 0) is 0 Å². The van der Waals surface area contributed by atoms with Gasteiger partial charge in [-0.2, -0.15) is 0 Å². The summed E-state index contributed by atoms with van der Waals surface area (Å²) < 4.78 is 1.74. The molecule has 0 radical (unpaired) electrons. The van der Waals surface area contributed by atoms with Crippen molar-refractivity contribution in [3.8, 4) is 0 Å². The van der Waals surface area contributed by atoms with Gasteiger partial charge in [-0.1, -0.05) is 35.2 Å². The van der Waals surface area contributed by atoms with Gasteiger partial charge in [-0.3, -0.25) is 4.79 Å². The van der Waals surface area contributed by atoms with Crippen LogP contribution in [0.2, 0.25) is 0 Å². The second-order valence-electron chi connectivity index (χ2n) is 5.34. The lowest BCUT2D eigenvalue weighted by Gasteiger charge is -2.30. The summed E-state index contributed by atoms with van der Waals surface area (Å²) in [6.07, 6.45) is 6.14. The lowest BCUT2D eigenvalue weighted by Crippen LogP contribution is -2.46. The Hall–Kier alpha value is -0.390. The molecule has 3 nitrogen and oxygen atoms in total. The molecule has 5 heteroatoms. The third kappa shape index (κ3) is 4.06. The Morgan fingerprint density at radius 3 is 2.60 bits per heavy atom. The van der Waals surface area contributed by atoms with Gasteiger partial charge < -0.3 is 11.1 Å². The van der Waals surface area contributed by atoms with Gasteiger partial charge in [-0.25, -0.2) is 0 Å². The van der Waals surface area contributed by atoms with E-state index in [0.29, 0.717) is 18.0 Å². The van der Waals surface area contributed by atoms with Crippen LogP contribution in [0, 0.1) is 5.92 Å². The highest BCUT2D eigenvalue weighted by atomic mass is 79.9. The minimum absolute atomic E-state index is 0.0506. The van der Waals surface area contributed by atoms with Crippen LogP contribution in [0.5, 0.6) is 0 Å². The van der Waals surface area contributed by atoms with Crippen LogP contribution in [0.1, 0.15) is 42.5 Å². The Balaban J connectivity index is 2.04. The normalized spacial score (nSPS) is 17.8. The lowest BCUT2D eigenvalue weighted by atomic mass is 9.84. The molecule has 1 atom stereocenters. The smallest absolute Gasteiger partial charge is 0.252 e. The quantitative estimate of drug-likeness (QED) is 0.802. The highest BCUT2D eigenvalue weighted by molar-refractivity contribution is 9.11. The van der Waals surface area contributed by atoms with Crippen LogP contribution in [0.15, 0.2) is 27.1 Å². The first-order chi connectivity index (χ1) is 9.61. The maximum absolute atomic E-state index is 12.4. The number of halogens is 2. The first-order valence-electron chi connectivity index (χ1n) is 7.08. The summed E-state index contributed by atoms with van der Waals surface area (Å²) in [4.78, 5) is 12.4. The Morgan fingerprint density at radius 1 is 1.30 bits per heavy atom. The summed E-state index contributed by atoms with van der Waals surface area (Å²) in [5, 5.41) is 3.10. The summed E-state index contributed by atoms with van der Waals surface area (Å²) in [5.41, 5.74) is 6.51. The Bertz CT molecular complexity index is 473. The van der Waals surface area contributed by atoms with Crippen molar-refractivity contribution in [2.24, 2.45) is 11.7 Å². The fraction of sp³-hybridized carbons (Fsp3) is 0.533. The number of nitrogens with two attached hydrogens (primary N) is 1. The highest BCUT2D eigenvalue weighted by Crippen LogP contribution is 2.27. The van der Waals surface area contributed by atoms with Gasteiger partial charge in [0.1, 0.15) is 0 Å². The van der Waals surface area contributed by atoms with Gasteiger partial charge in [0.15, 0.2) is 0 Å². The van der Waals surface area contributed by atoms with E-state index in [1.165, 1.54) is 32.1 Å². The van der Waals surface area contributed by atoms with Crippen LogP contribution in [0.25, 0.3) is 0 Å². The summed E-state index contributed by atoms with van der Waals surface area (Å²) in [6, 6.07) is 5.65. The molecule has 1 amide bonds. The average Bonchev–Trinajstić information content (AvgIpc) is 2.45. The van der Waals surface area contributed by atoms with Gasteiger partial charge in [0, 0.05) is 21.5 Å². The predicted octanol–water partition coefficient (Wildman–Crippen LogP) is 3.85. The van der Waals surface area contributed by atoms with E-state index < -0.39 is 0 Å². The lowest BCUT2D eigenvalue weighted by molar-refractivity contribution is 0.0915. The molecular weight excluding hydrogens is 384 g/mol. The maximum Gasteiger partial charge on any atom is 0.252 e. The average molecular weight is 404 g/mol. The SMILES string of the molecule is NCC(NC(=O)c1ccc(Br)cc1Br)C1CCCCC1. The van der Waals surface area contributed by atoms with Gasteiger partial charge in [-0.15, -0.1) is 0 Å². The molecule has 0 aliphatic heterocycles. The molecule has 0 bridgehead atoms. The van der Waals surface area contributed by atoms with E-state index in [1.54, 1.807) is 0 Å². The van der Waals surface area contributed by atoms with Crippen molar-refractivity contribution in [3.05, 3.63) is 32.7 Å². The van der Waals surface area contributed by atoms with Gasteiger partial charge in [0.25, 0.3) is 5.91 Å². The van der Waals surface area contributed by atoms with E-state index in [0.717, 1.165) is 8.95 Å². The molecule has 110 valence electrons. The summed E-state index contributed by atoms with van der Waals surface area (Å²) >= 11 is 6.82. The molecule has 0 heterocycles. The van der Waals surface area contributed by atoms with E-state index in [4.69, 9.17) is 5.73 Å². The molecule has 1 unspecified atom stereocenters. The maximum atomic E-state index is 12.4. The van der Waals surface area contributed by atoms with Crippen LogP contribution in [0.3, 0.4) is 0 Å². The molecule has 1 aliphatic carbocycles. The largest absolute Gasteiger partial charge is 0.348 e. The second-order valence-corrected chi connectivity index (χ2v) is 7.11. The number of benzene rings is 1. The van der Waals surface area contributed by atoms with Gasteiger partial charge >= 0.3 is 0 Å². The zero-order valence-electron chi connectivity index (χ0n) is 11.4. The molecule has 1 aliphatic rings. The number of carbonyl (C=O) groups is 1. The molecule has 1 aromatic carbocycles. The van der Waals surface area contributed by atoms with Gasteiger partial charge in [0.2, 0.25) is 0 Å². The van der Waals surface area contributed by atoms with Gasteiger partial charge in [-0.05, 0) is 52.9 Å². The van der Waals surface area contributed by atoms with E-state index >= 15 is 0 Å². The molecule has 0 spiro atoms. The van der Waals surface area contributed by atoms with E-state index in [9.17, 15) is 4.79 Å². The third-order valence-electron chi connectivity index (χ3n) is 3.97. The van der Waals surface area contributed by atoms with E-state index in [1.807, 2.05) is 18.2 Å². The number of hydrogen-bond acceptors (Lipinski definition) is 2. The van der Waals surface area contributed by atoms with Crippen LogP contribution in [0.4, 0.5) is 0 Å². The molecule has 0 aromatic heterocycles. The molecule has 1 fully saturated rings. The topological polar surface area (TPSA) is 55.1 Å². The molecule has 3 N–H and O–H groups in total. The number of amides is 1. The zero-order chi connectivity index (χ0) is 14.5. The highest BCUT2D eigenvalue weighted by Gasteiger charge is 2.24. The van der Waals surface area contributed by atoms with Crippen molar-refractivity contribution in [3.63, 3.8) is 0 Å². The second kappa shape index (κ2) is 7.57. The van der Waals surface area contributed by atoms with Crippen molar-refractivity contribution >= 4 is 37.8 Å². The Morgan fingerprint density at radius 2 is 2.00 bits per heavy atom. The number of carbonyl (C=O) groups excluding carboxylic acids is 1. The number of nitrogens with one attached hydrogen (secondary N) is 1. The summed E-state index contributed by atoms with van der Waals surface area (Å²) in [5.74, 6) is 0.470. The minimum Gasteiger partial charge on any atom is -0.348 e. The molecule has 1 aromatic rings. The van der Waals surface area contributed by atoms with Crippen molar-refractivity contribution in [2.45, 2.75) is 38.1 Å². The molecule has 1 saturated carbocycles. The molecule has 2 rings (SSSR count). The standard InChI is InChI=1S/C15H20Br2N2O/c16-11-6-7-12(13(17)8-11)15(20)19-14(9-18)10-4-2-1-3-5-10/h6-8,10,14H,1-5,9,18H2,(H,19,20). The molecule has 20 heavy (non-hydrogen) atoms. The van der Waals surface area contributed by atoms with Crippen LogP contribution in [-0.4, -0.2) is 18.5 Å². The van der Waals surface area contributed by atoms with Crippen LogP contribution < -0.4 is 11.1 Å². The first-order valence-corrected chi connectivity index (χ1v) is 8.66. The monoisotopic (exact) mass is 402 g/mol. The predicted molar refractivity (Wildman–Crippen MR) is 88.7 cm³/mol. The molecular formula is C15H20Br2N2O. The van der Waals surface area contributed by atoms with Crippen molar-refractivity contribution in [1.82, 2.24) is 5.32 Å². The van der Waals surface area contributed by atoms with E-state index in [-0.39, 0.29) is 11.9 Å². The zero-order valence-corrected chi connectivity index (χ0v) is 14.5. The fourth-order valence-corrected chi connectivity index (χ4v) is 4.05. The van der Waals surface area contributed by atoms with Crippen molar-refractivity contribution in [2.75, 3.05) is 6.54 Å². The third-order valence-corrected chi connectivity index (χ3v) is 5.11. The number of hydrogen-bond donors (Lipinski definition) is 2. The summed E-state index contributed by atoms with van der Waals surface area (Å²) in [7, 11) is 0. The fourth-order valence-electron chi connectivity index (χ4n) is 2.83. The minimum atomic E-state index is -0.0506. The van der Waals surface area contributed by atoms with E-state index in [2.05, 4.69) is 37.2 Å². The Kier molecular flexibility index (Phi) is 6.05. The first kappa shape index (κ1) is 16.0. The van der Waals surface area contributed by atoms with Crippen LogP contribution >= 0.6 is 31.9 Å². The molecule has 0 saturated heterocycles. The van der Waals surface area contributed by atoms with Gasteiger partial charge in [0.05, 0.1) is 5.56 Å². The van der Waals surface area contributed by atoms with Crippen molar-refractivity contribution in [1.29, 1.82) is 0 Å². The number of rotatable bonds is 4.